The summed E-state index contributed by atoms with van der Waals surface area (Å²) in [6, 6.07) is 16.0. The van der Waals surface area contributed by atoms with Gasteiger partial charge in [0.2, 0.25) is 9.84 Å². The van der Waals surface area contributed by atoms with E-state index in [-0.39, 0.29) is 50.7 Å². The molecule has 1 atom stereocenters. The summed E-state index contributed by atoms with van der Waals surface area (Å²) < 4.78 is 41.4. The number of carbonyl (C=O) groups is 2. The Balaban J connectivity index is 1.92. The van der Waals surface area contributed by atoms with E-state index in [9.17, 15) is 22.4 Å². The molecule has 3 aromatic rings. The van der Waals surface area contributed by atoms with Crippen molar-refractivity contribution in [1.82, 2.24) is 5.32 Å². The van der Waals surface area contributed by atoms with Crippen LogP contribution in [0, 0.1) is 5.82 Å². The summed E-state index contributed by atoms with van der Waals surface area (Å²) in [5, 5.41) is 2.84. The average Bonchev–Trinajstić information content (AvgIpc) is 2.88. The van der Waals surface area contributed by atoms with E-state index in [1.807, 2.05) is 13.8 Å². The molecule has 1 heterocycles. The monoisotopic (exact) mass is 466 g/mol. The number of anilines is 1. The van der Waals surface area contributed by atoms with Gasteiger partial charge in [-0.15, -0.1) is 0 Å². The summed E-state index contributed by atoms with van der Waals surface area (Å²) in [6.07, 6.45) is 0.721. The zero-order chi connectivity index (χ0) is 23.8. The fourth-order valence-corrected chi connectivity index (χ4v) is 5.34. The number of rotatable bonds is 5. The van der Waals surface area contributed by atoms with E-state index in [0.717, 1.165) is 6.42 Å². The molecule has 0 radical (unpaired) electrons. The molecule has 1 N–H and O–H groups in total. The molecule has 0 spiro atoms. The van der Waals surface area contributed by atoms with Gasteiger partial charge in [-0.25, -0.2) is 12.8 Å². The number of benzene rings is 3. The van der Waals surface area contributed by atoms with Gasteiger partial charge in [-0.2, -0.15) is 0 Å². The molecule has 0 bridgehead atoms. The number of carbonyl (C=O) groups excluding carboxylic acids is 2. The first-order valence-corrected chi connectivity index (χ1v) is 12.1. The maximum absolute atomic E-state index is 14.5. The van der Waals surface area contributed by atoms with E-state index < -0.39 is 21.6 Å². The van der Waals surface area contributed by atoms with Crippen LogP contribution in [0.5, 0.6) is 0 Å². The van der Waals surface area contributed by atoms with Crippen LogP contribution < -0.4 is 10.2 Å². The Bertz CT molecular complexity index is 1350. The van der Waals surface area contributed by atoms with E-state index in [1.54, 1.807) is 18.2 Å². The van der Waals surface area contributed by atoms with E-state index in [2.05, 4.69) is 5.32 Å². The van der Waals surface area contributed by atoms with E-state index in [1.165, 1.54) is 53.4 Å². The second-order valence-electron chi connectivity index (χ2n) is 7.95. The maximum atomic E-state index is 14.5. The molecule has 0 saturated heterocycles. The molecule has 0 aromatic heterocycles. The van der Waals surface area contributed by atoms with Crippen molar-refractivity contribution in [1.29, 1.82) is 0 Å². The highest BCUT2D eigenvalue weighted by atomic mass is 32.2. The van der Waals surface area contributed by atoms with Crippen LogP contribution in [0.2, 0.25) is 0 Å². The molecule has 8 heteroatoms. The number of amides is 2. The lowest BCUT2D eigenvalue weighted by molar-refractivity contribution is 0.0936. The maximum Gasteiger partial charge on any atom is 0.259 e. The Morgan fingerprint density at radius 1 is 1.03 bits per heavy atom. The molecule has 33 heavy (non-hydrogen) atoms. The minimum atomic E-state index is -4.06. The van der Waals surface area contributed by atoms with Crippen LogP contribution in [0.25, 0.3) is 0 Å². The van der Waals surface area contributed by atoms with E-state index in [0.29, 0.717) is 0 Å². The lowest BCUT2D eigenvalue weighted by Crippen LogP contribution is -2.33. The Morgan fingerprint density at radius 2 is 1.73 bits per heavy atom. The molecule has 2 amide bonds. The van der Waals surface area contributed by atoms with Crippen molar-refractivity contribution in [3.63, 3.8) is 0 Å². The van der Waals surface area contributed by atoms with Crippen LogP contribution in [0.1, 0.15) is 46.5 Å². The predicted octanol–water partition coefficient (Wildman–Crippen LogP) is 4.35. The average molecular weight is 467 g/mol. The fourth-order valence-electron chi connectivity index (χ4n) is 3.71. The van der Waals surface area contributed by atoms with Gasteiger partial charge in [-0.3, -0.25) is 9.59 Å². The van der Waals surface area contributed by atoms with Crippen LogP contribution in [0.15, 0.2) is 76.5 Å². The van der Waals surface area contributed by atoms with Gasteiger partial charge in [0.05, 0.1) is 27.6 Å². The highest BCUT2D eigenvalue weighted by Gasteiger charge is 2.36. The number of hydrogen-bond acceptors (Lipinski definition) is 4. The lowest BCUT2D eigenvalue weighted by Gasteiger charge is -2.24. The zero-order valence-corrected chi connectivity index (χ0v) is 19.0. The summed E-state index contributed by atoms with van der Waals surface area (Å²) in [6.45, 7) is 3.59. The molecular weight excluding hydrogens is 443 g/mol. The third-order valence-electron chi connectivity index (χ3n) is 5.73. The van der Waals surface area contributed by atoms with Gasteiger partial charge in [0.1, 0.15) is 5.82 Å². The van der Waals surface area contributed by atoms with Crippen LogP contribution in [0.4, 0.5) is 10.1 Å². The van der Waals surface area contributed by atoms with Crippen LogP contribution in [0.3, 0.4) is 0 Å². The minimum absolute atomic E-state index is 0.00403. The van der Waals surface area contributed by atoms with Gasteiger partial charge in [0, 0.05) is 17.2 Å². The quantitative estimate of drug-likeness (QED) is 0.606. The molecule has 0 saturated carbocycles. The summed E-state index contributed by atoms with van der Waals surface area (Å²) >= 11 is 0. The van der Waals surface area contributed by atoms with Crippen LogP contribution in [-0.2, 0) is 16.4 Å². The highest BCUT2D eigenvalue weighted by Crippen LogP contribution is 2.38. The van der Waals surface area contributed by atoms with Crippen molar-refractivity contribution in [3.8, 4) is 0 Å². The topological polar surface area (TPSA) is 83.6 Å². The normalized spacial score (nSPS) is 15.2. The second kappa shape index (κ2) is 8.78. The zero-order valence-electron chi connectivity index (χ0n) is 18.2. The summed E-state index contributed by atoms with van der Waals surface area (Å²) in [5.41, 5.74) is 0.469. The largest absolute Gasteiger partial charge is 0.350 e. The standard InChI is InChI=1S/C25H23FN2O4S/c1-3-16(2)27-24(29)17-12-13-23-21(14-17)28(15-18-8-4-6-10-20(18)26)25(30)19-9-5-7-11-22(19)33(23,31)32/h4-14,16H,3,15H2,1-2H3,(H,27,29)/t16-/m0/s1. The van der Waals surface area contributed by atoms with Crippen LogP contribution in [-0.4, -0.2) is 26.3 Å². The molecule has 1 aliphatic heterocycles. The van der Waals surface area contributed by atoms with E-state index in [4.69, 9.17) is 0 Å². The number of nitrogens with zero attached hydrogens (tertiary/aromatic N) is 1. The van der Waals surface area contributed by atoms with Crippen LogP contribution >= 0.6 is 0 Å². The van der Waals surface area contributed by atoms with E-state index >= 15 is 0 Å². The number of nitrogens with one attached hydrogen (secondary N) is 1. The first-order valence-electron chi connectivity index (χ1n) is 10.6. The van der Waals surface area contributed by atoms with Gasteiger partial charge in [0.25, 0.3) is 11.8 Å². The second-order valence-corrected chi connectivity index (χ2v) is 9.83. The SMILES string of the molecule is CC[C@H](C)NC(=O)c1ccc2c(c1)N(Cc1ccccc1F)C(=O)c1ccccc1S2(=O)=O. The third-order valence-corrected chi connectivity index (χ3v) is 7.59. The summed E-state index contributed by atoms with van der Waals surface area (Å²) in [5.74, 6) is -1.49. The van der Waals surface area contributed by atoms with Gasteiger partial charge in [-0.1, -0.05) is 37.3 Å². The predicted molar refractivity (Wildman–Crippen MR) is 122 cm³/mol. The number of halogens is 1. The molecule has 0 unspecified atom stereocenters. The summed E-state index contributed by atoms with van der Waals surface area (Å²) in [7, 11) is -4.06. The Labute approximate surface area is 192 Å². The van der Waals surface area contributed by atoms with Gasteiger partial charge in [-0.05, 0) is 49.7 Å². The molecule has 0 fully saturated rings. The van der Waals surface area contributed by atoms with Crippen molar-refractivity contribution in [3.05, 3.63) is 89.2 Å². The molecule has 0 aliphatic carbocycles. The molecule has 170 valence electrons. The molecule has 3 aromatic carbocycles. The van der Waals surface area contributed by atoms with Gasteiger partial charge >= 0.3 is 0 Å². The van der Waals surface area contributed by atoms with Crippen molar-refractivity contribution in [2.24, 2.45) is 0 Å². The Kier molecular flexibility index (Phi) is 6.03. The molecule has 6 nitrogen and oxygen atoms in total. The third kappa shape index (κ3) is 4.14. The number of fused-ring (bicyclic) bond motifs is 2. The number of hydrogen-bond donors (Lipinski definition) is 1. The fraction of sp³-hybridized carbons (Fsp3) is 0.200. The lowest BCUT2D eigenvalue weighted by atomic mass is 10.1. The Hall–Kier alpha value is -3.52. The first-order chi connectivity index (χ1) is 15.7. The van der Waals surface area contributed by atoms with Crippen molar-refractivity contribution in [2.45, 2.75) is 42.6 Å². The first kappa shape index (κ1) is 22.7. The minimum Gasteiger partial charge on any atom is -0.350 e. The molecule has 1 aliphatic rings. The Morgan fingerprint density at radius 3 is 2.45 bits per heavy atom. The highest BCUT2D eigenvalue weighted by molar-refractivity contribution is 7.91. The smallest absolute Gasteiger partial charge is 0.259 e. The summed E-state index contributed by atoms with van der Waals surface area (Å²) in [4.78, 5) is 27.3. The molecule has 4 rings (SSSR count). The van der Waals surface area contributed by atoms with Gasteiger partial charge in [0.15, 0.2) is 0 Å². The molecular formula is C25H23FN2O4S. The van der Waals surface area contributed by atoms with Crippen molar-refractivity contribution >= 4 is 27.3 Å². The van der Waals surface area contributed by atoms with Gasteiger partial charge < -0.3 is 10.2 Å². The van der Waals surface area contributed by atoms with Crippen molar-refractivity contribution in [2.75, 3.05) is 4.90 Å². The number of sulfone groups is 1. The van der Waals surface area contributed by atoms with Crippen molar-refractivity contribution < 1.29 is 22.4 Å².